The SMILES string of the molecule is C/C(=N\OCC(=O)OCC(=O)Nc1ccc(C)c(Cl)c1)c1ccc2c(c1)OCO2. The Morgan fingerprint density at radius 3 is 2.72 bits per heavy atom. The number of oxime groups is 1. The van der Waals surface area contributed by atoms with E-state index in [1.165, 1.54) is 0 Å². The Hall–Kier alpha value is -3.26. The van der Waals surface area contributed by atoms with Crippen LogP contribution in [0.15, 0.2) is 41.6 Å². The Kier molecular flexibility index (Phi) is 6.56. The van der Waals surface area contributed by atoms with Gasteiger partial charge in [0.15, 0.2) is 18.1 Å². The molecule has 0 radical (unpaired) electrons. The highest BCUT2D eigenvalue weighted by atomic mass is 35.5. The maximum Gasteiger partial charge on any atom is 0.347 e. The van der Waals surface area contributed by atoms with E-state index in [0.29, 0.717) is 27.9 Å². The molecule has 1 N–H and O–H groups in total. The average molecular weight is 419 g/mol. The average Bonchev–Trinajstić information content (AvgIpc) is 3.17. The van der Waals surface area contributed by atoms with Gasteiger partial charge in [0.25, 0.3) is 5.91 Å². The number of carbonyl (C=O) groups is 2. The van der Waals surface area contributed by atoms with Crippen LogP contribution in [-0.2, 0) is 19.2 Å². The first kappa shape index (κ1) is 20.5. The van der Waals surface area contributed by atoms with Gasteiger partial charge < -0.3 is 24.4 Å². The van der Waals surface area contributed by atoms with Crippen molar-refractivity contribution in [1.29, 1.82) is 0 Å². The quantitative estimate of drug-likeness (QED) is 0.421. The molecule has 2 aromatic carbocycles. The number of aryl methyl sites for hydroxylation is 1. The zero-order valence-electron chi connectivity index (χ0n) is 15.9. The van der Waals surface area contributed by atoms with Gasteiger partial charge in [0.1, 0.15) is 0 Å². The molecule has 1 amide bonds. The van der Waals surface area contributed by atoms with E-state index in [4.69, 9.17) is 30.6 Å². The number of hydrogen-bond donors (Lipinski definition) is 1. The summed E-state index contributed by atoms with van der Waals surface area (Å²) in [5.41, 5.74) is 2.72. The molecule has 9 heteroatoms. The summed E-state index contributed by atoms with van der Waals surface area (Å²) < 4.78 is 15.4. The second-order valence-electron chi connectivity index (χ2n) is 6.19. The lowest BCUT2D eigenvalue weighted by atomic mass is 10.1. The summed E-state index contributed by atoms with van der Waals surface area (Å²) in [4.78, 5) is 28.6. The zero-order chi connectivity index (χ0) is 20.8. The molecular weight excluding hydrogens is 400 g/mol. The highest BCUT2D eigenvalue weighted by molar-refractivity contribution is 6.31. The molecule has 0 fully saturated rings. The predicted molar refractivity (Wildman–Crippen MR) is 107 cm³/mol. The van der Waals surface area contributed by atoms with E-state index in [1.54, 1.807) is 43.3 Å². The summed E-state index contributed by atoms with van der Waals surface area (Å²) in [5, 5.41) is 7.00. The van der Waals surface area contributed by atoms with Gasteiger partial charge >= 0.3 is 5.97 Å². The van der Waals surface area contributed by atoms with Crippen molar-refractivity contribution in [2.45, 2.75) is 13.8 Å². The fraction of sp³-hybridized carbons (Fsp3) is 0.250. The summed E-state index contributed by atoms with van der Waals surface area (Å²) in [6.07, 6.45) is 0. The standard InChI is InChI=1S/C20H19ClN2O6/c1-12-3-5-15(8-16(12)21)22-19(24)9-26-20(25)10-29-23-13(2)14-4-6-17-18(7-14)28-11-27-17/h3-8H,9-11H2,1-2H3,(H,22,24)/b23-13+. The van der Waals surface area contributed by atoms with Crippen molar-refractivity contribution in [2.24, 2.45) is 5.16 Å². The number of amides is 1. The second kappa shape index (κ2) is 9.29. The fourth-order valence-electron chi connectivity index (χ4n) is 2.41. The summed E-state index contributed by atoms with van der Waals surface area (Å²) >= 11 is 6.00. The lowest BCUT2D eigenvalue weighted by molar-refractivity contribution is -0.151. The summed E-state index contributed by atoms with van der Waals surface area (Å²) in [6, 6.07) is 10.4. The number of nitrogens with one attached hydrogen (secondary N) is 1. The molecule has 0 unspecified atom stereocenters. The number of esters is 1. The number of hydrogen-bond acceptors (Lipinski definition) is 7. The van der Waals surface area contributed by atoms with Gasteiger partial charge in [-0.2, -0.15) is 0 Å². The molecule has 2 aromatic rings. The lowest BCUT2D eigenvalue weighted by Crippen LogP contribution is -2.22. The highest BCUT2D eigenvalue weighted by Crippen LogP contribution is 2.32. The van der Waals surface area contributed by atoms with Crippen molar-refractivity contribution in [3.63, 3.8) is 0 Å². The van der Waals surface area contributed by atoms with Crippen molar-refractivity contribution in [2.75, 3.05) is 25.3 Å². The number of nitrogens with zero attached hydrogens (tertiary/aromatic N) is 1. The third kappa shape index (κ3) is 5.61. The van der Waals surface area contributed by atoms with E-state index in [-0.39, 0.29) is 6.79 Å². The smallest absolute Gasteiger partial charge is 0.347 e. The molecule has 29 heavy (non-hydrogen) atoms. The zero-order valence-corrected chi connectivity index (χ0v) is 16.6. The van der Waals surface area contributed by atoms with Gasteiger partial charge in [-0.05, 0) is 49.7 Å². The molecule has 0 bridgehead atoms. The molecule has 152 valence electrons. The van der Waals surface area contributed by atoms with Crippen molar-refractivity contribution in [3.8, 4) is 11.5 Å². The minimum atomic E-state index is -0.718. The molecule has 3 rings (SSSR count). The number of anilines is 1. The molecular formula is C20H19ClN2O6. The maximum absolute atomic E-state index is 11.9. The van der Waals surface area contributed by atoms with Crippen molar-refractivity contribution < 1.29 is 28.6 Å². The van der Waals surface area contributed by atoms with E-state index in [1.807, 2.05) is 6.92 Å². The van der Waals surface area contributed by atoms with Crippen LogP contribution in [0, 0.1) is 6.92 Å². The Bertz CT molecular complexity index is 960. The highest BCUT2D eigenvalue weighted by Gasteiger charge is 2.14. The molecule has 8 nitrogen and oxygen atoms in total. The first-order chi connectivity index (χ1) is 13.9. The minimum Gasteiger partial charge on any atom is -0.454 e. The van der Waals surface area contributed by atoms with Crippen LogP contribution in [0.2, 0.25) is 5.02 Å². The first-order valence-electron chi connectivity index (χ1n) is 8.70. The Morgan fingerprint density at radius 1 is 1.14 bits per heavy atom. The molecule has 0 saturated heterocycles. The summed E-state index contributed by atoms with van der Waals surface area (Å²) in [7, 11) is 0. The number of benzene rings is 2. The van der Waals surface area contributed by atoms with Crippen molar-refractivity contribution in [1.82, 2.24) is 0 Å². The molecule has 0 aromatic heterocycles. The van der Waals surface area contributed by atoms with Crippen LogP contribution in [0.4, 0.5) is 5.69 Å². The van der Waals surface area contributed by atoms with Gasteiger partial charge in [-0.3, -0.25) is 4.79 Å². The van der Waals surface area contributed by atoms with E-state index >= 15 is 0 Å². The second-order valence-corrected chi connectivity index (χ2v) is 6.60. The first-order valence-corrected chi connectivity index (χ1v) is 9.08. The molecule has 0 aliphatic carbocycles. The number of ether oxygens (including phenoxy) is 3. The van der Waals surface area contributed by atoms with Crippen LogP contribution in [-0.4, -0.2) is 37.6 Å². The molecule has 0 spiro atoms. The monoisotopic (exact) mass is 418 g/mol. The number of fused-ring (bicyclic) bond motifs is 1. The normalized spacial score (nSPS) is 12.4. The lowest BCUT2D eigenvalue weighted by Gasteiger charge is -2.08. The van der Waals surface area contributed by atoms with Crippen molar-refractivity contribution >= 4 is 34.9 Å². The number of carbonyl (C=O) groups excluding carboxylic acids is 2. The largest absolute Gasteiger partial charge is 0.454 e. The van der Waals surface area contributed by atoms with Gasteiger partial charge in [-0.1, -0.05) is 22.8 Å². The van der Waals surface area contributed by atoms with Gasteiger partial charge in [-0.15, -0.1) is 0 Å². The Labute approximate surface area is 172 Å². The van der Waals surface area contributed by atoms with E-state index < -0.39 is 25.1 Å². The molecule has 0 atom stereocenters. The van der Waals surface area contributed by atoms with E-state index in [2.05, 4.69) is 10.5 Å². The van der Waals surface area contributed by atoms with Crippen LogP contribution in [0.3, 0.4) is 0 Å². The minimum absolute atomic E-state index is 0.182. The maximum atomic E-state index is 11.9. The molecule has 1 aliphatic rings. The Morgan fingerprint density at radius 2 is 1.93 bits per heavy atom. The van der Waals surface area contributed by atoms with Gasteiger partial charge in [-0.25, -0.2) is 4.79 Å². The van der Waals surface area contributed by atoms with Crippen LogP contribution in [0.5, 0.6) is 11.5 Å². The Balaban J connectivity index is 1.41. The fourth-order valence-corrected chi connectivity index (χ4v) is 2.59. The van der Waals surface area contributed by atoms with Gasteiger partial charge in [0, 0.05) is 16.3 Å². The topological polar surface area (TPSA) is 95.5 Å². The molecule has 0 saturated carbocycles. The molecule has 1 heterocycles. The number of rotatable bonds is 7. The van der Waals surface area contributed by atoms with Crippen molar-refractivity contribution in [3.05, 3.63) is 52.5 Å². The van der Waals surface area contributed by atoms with Crippen LogP contribution in [0.25, 0.3) is 0 Å². The van der Waals surface area contributed by atoms with E-state index in [9.17, 15) is 9.59 Å². The van der Waals surface area contributed by atoms with E-state index in [0.717, 1.165) is 11.1 Å². The van der Waals surface area contributed by atoms with Crippen LogP contribution >= 0.6 is 11.6 Å². The third-order valence-electron chi connectivity index (χ3n) is 3.99. The third-order valence-corrected chi connectivity index (χ3v) is 4.40. The number of halogens is 1. The van der Waals surface area contributed by atoms with Crippen LogP contribution < -0.4 is 14.8 Å². The van der Waals surface area contributed by atoms with Gasteiger partial charge in [0.2, 0.25) is 13.4 Å². The summed E-state index contributed by atoms with van der Waals surface area (Å²) in [6.45, 7) is 2.89. The van der Waals surface area contributed by atoms with Gasteiger partial charge in [0.05, 0.1) is 5.71 Å². The summed E-state index contributed by atoms with van der Waals surface area (Å²) in [5.74, 6) is 0.0807. The molecule has 1 aliphatic heterocycles. The predicted octanol–water partition coefficient (Wildman–Crippen LogP) is 3.30. The van der Waals surface area contributed by atoms with Crippen LogP contribution in [0.1, 0.15) is 18.1 Å².